The van der Waals surface area contributed by atoms with Crippen LogP contribution < -0.4 is 0 Å². The second-order valence-corrected chi connectivity index (χ2v) is 10.1. The molecule has 0 radical (unpaired) electrons. The molecular weight excluding hydrogens is 520 g/mol. The molecule has 0 spiro atoms. The highest BCUT2D eigenvalue weighted by Crippen LogP contribution is 2.41. The molecule has 40 heavy (non-hydrogen) atoms. The lowest BCUT2D eigenvalue weighted by molar-refractivity contribution is -0.0431. The van der Waals surface area contributed by atoms with Crippen molar-refractivity contribution in [3.05, 3.63) is 45.5 Å². The number of hydrogen-bond donors (Lipinski definition) is 6. The Balaban J connectivity index is 1.58. The standard InChI is InChI=1S/C29H40N2O9/c1-3-17-19(5-9-32)27(23(36)13-21(17)34)25-15-30(7-11-39-25)29(38)31-8-12-40-26(16-31)28-20(6-10-33)18(4-2)22(35)14-24(28)37/h13-14,25-26,32-37H,3-12,15-16H2,1-2H3. The molecule has 11 nitrogen and oxygen atoms in total. The smallest absolute Gasteiger partial charge is 0.320 e. The Morgan fingerprint density at radius 2 is 1.12 bits per heavy atom. The van der Waals surface area contributed by atoms with Gasteiger partial charge in [0.25, 0.3) is 0 Å². The fourth-order valence-electron chi connectivity index (χ4n) is 6.03. The molecule has 2 heterocycles. The monoisotopic (exact) mass is 560 g/mol. The van der Waals surface area contributed by atoms with Gasteiger partial charge in [-0.3, -0.25) is 0 Å². The Morgan fingerprint density at radius 1 is 0.725 bits per heavy atom. The molecule has 2 unspecified atom stereocenters. The highest BCUT2D eigenvalue weighted by molar-refractivity contribution is 5.75. The number of carbonyl (C=O) groups is 1. The molecule has 2 saturated heterocycles. The van der Waals surface area contributed by atoms with Crippen LogP contribution in [0.15, 0.2) is 12.1 Å². The average Bonchev–Trinajstić information content (AvgIpc) is 2.93. The fourth-order valence-corrected chi connectivity index (χ4v) is 6.03. The minimum absolute atomic E-state index is 0.0421. The van der Waals surface area contributed by atoms with E-state index in [9.17, 15) is 35.4 Å². The second kappa shape index (κ2) is 12.9. The molecule has 220 valence electrons. The maximum absolute atomic E-state index is 13.7. The van der Waals surface area contributed by atoms with Gasteiger partial charge in [0.05, 0.1) is 26.3 Å². The molecule has 2 atom stereocenters. The van der Waals surface area contributed by atoms with Crippen LogP contribution in [0.25, 0.3) is 0 Å². The van der Waals surface area contributed by atoms with Crippen LogP contribution in [-0.2, 0) is 35.2 Å². The molecule has 0 aromatic heterocycles. The number of rotatable bonds is 8. The first-order valence-corrected chi connectivity index (χ1v) is 13.9. The Labute approximate surface area is 233 Å². The summed E-state index contributed by atoms with van der Waals surface area (Å²) in [4.78, 5) is 17.0. The van der Waals surface area contributed by atoms with Gasteiger partial charge in [-0.05, 0) is 47.9 Å². The lowest BCUT2D eigenvalue weighted by Gasteiger charge is -2.40. The van der Waals surface area contributed by atoms with Gasteiger partial charge in [0.1, 0.15) is 35.2 Å². The van der Waals surface area contributed by atoms with Gasteiger partial charge in [-0.1, -0.05) is 13.8 Å². The third-order valence-corrected chi connectivity index (χ3v) is 7.84. The number of amides is 2. The van der Waals surface area contributed by atoms with E-state index in [0.29, 0.717) is 59.3 Å². The van der Waals surface area contributed by atoms with Crippen LogP contribution in [0.2, 0.25) is 0 Å². The van der Waals surface area contributed by atoms with Crippen LogP contribution in [0.3, 0.4) is 0 Å². The molecule has 11 heteroatoms. The zero-order valence-electron chi connectivity index (χ0n) is 23.1. The lowest BCUT2D eigenvalue weighted by Crippen LogP contribution is -2.52. The normalized spacial score (nSPS) is 19.7. The van der Waals surface area contributed by atoms with Crippen LogP contribution in [0.5, 0.6) is 23.0 Å². The number of aliphatic hydroxyl groups excluding tert-OH is 2. The predicted octanol–water partition coefficient (Wildman–Crippen LogP) is 2.27. The Morgan fingerprint density at radius 3 is 1.48 bits per heavy atom. The summed E-state index contributed by atoms with van der Waals surface area (Å²) in [7, 11) is 0. The van der Waals surface area contributed by atoms with Crippen molar-refractivity contribution < 1.29 is 44.9 Å². The predicted molar refractivity (Wildman–Crippen MR) is 146 cm³/mol. The SMILES string of the molecule is CCc1c(O)cc(O)c(C2CN(C(=O)N3CCOC(c4c(O)cc(O)c(CC)c4CCO)C3)CCO2)c1CCO. The maximum Gasteiger partial charge on any atom is 0.320 e. The number of morpholine rings is 2. The van der Waals surface area contributed by atoms with Crippen molar-refractivity contribution in [2.45, 2.75) is 51.7 Å². The fraction of sp³-hybridized carbons (Fsp3) is 0.552. The third-order valence-electron chi connectivity index (χ3n) is 7.84. The third kappa shape index (κ3) is 5.78. The van der Waals surface area contributed by atoms with Gasteiger partial charge in [0.2, 0.25) is 0 Å². The summed E-state index contributed by atoms with van der Waals surface area (Å²) < 4.78 is 12.0. The summed E-state index contributed by atoms with van der Waals surface area (Å²) in [5.41, 5.74) is 3.44. The minimum Gasteiger partial charge on any atom is -0.508 e. The first kappa shape index (κ1) is 29.7. The number of aliphatic hydroxyl groups is 2. The van der Waals surface area contributed by atoms with Crippen LogP contribution >= 0.6 is 0 Å². The molecule has 2 aromatic rings. The molecule has 0 bridgehead atoms. The second-order valence-electron chi connectivity index (χ2n) is 10.1. The van der Waals surface area contributed by atoms with Gasteiger partial charge in [0, 0.05) is 49.6 Å². The zero-order valence-corrected chi connectivity index (χ0v) is 23.1. The largest absolute Gasteiger partial charge is 0.508 e. The number of phenolic OH excluding ortho intramolecular Hbond substituents is 4. The van der Waals surface area contributed by atoms with E-state index < -0.39 is 12.2 Å². The molecule has 6 N–H and O–H groups in total. The molecule has 2 aliphatic heterocycles. The van der Waals surface area contributed by atoms with E-state index in [-0.39, 0.29) is 81.4 Å². The molecule has 2 aliphatic rings. The lowest BCUT2D eigenvalue weighted by atomic mass is 9.91. The van der Waals surface area contributed by atoms with E-state index in [2.05, 4.69) is 0 Å². The first-order chi connectivity index (χ1) is 19.2. The molecule has 2 fully saturated rings. The Bertz CT molecular complexity index is 1130. The van der Waals surface area contributed by atoms with Crippen LogP contribution in [0.1, 0.15) is 59.4 Å². The maximum atomic E-state index is 13.7. The van der Waals surface area contributed by atoms with Crippen LogP contribution in [-0.4, -0.2) is 99.1 Å². The summed E-state index contributed by atoms with van der Waals surface area (Å²) in [6.07, 6.45) is 0.164. The van der Waals surface area contributed by atoms with Crippen molar-refractivity contribution in [1.82, 2.24) is 9.80 Å². The van der Waals surface area contributed by atoms with Gasteiger partial charge in [-0.25, -0.2) is 4.79 Å². The van der Waals surface area contributed by atoms with E-state index in [0.717, 1.165) is 0 Å². The van der Waals surface area contributed by atoms with Gasteiger partial charge in [-0.15, -0.1) is 0 Å². The quantitative estimate of drug-likeness (QED) is 0.284. The number of nitrogens with zero attached hydrogens (tertiary/aromatic N) is 2. The average molecular weight is 561 g/mol. The number of aromatic hydroxyl groups is 4. The molecule has 0 saturated carbocycles. The summed E-state index contributed by atoms with van der Waals surface area (Å²) in [6, 6.07) is 2.33. The van der Waals surface area contributed by atoms with Crippen molar-refractivity contribution >= 4 is 6.03 Å². The van der Waals surface area contributed by atoms with Gasteiger partial charge < -0.3 is 49.9 Å². The van der Waals surface area contributed by atoms with Crippen molar-refractivity contribution in [2.75, 3.05) is 52.6 Å². The van der Waals surface area contributed by atoms with Crippen molar-refractivity contribution in [2.24, 2.45) is 0 Å². The van der Waals surface area contributed by atoms with Gasteiger partial charge in [-0.2, -0.15) is 0 Å². The van der Waals surface area contributed by atoms with Gasteiger partial charge >= 0.3 is 6.03 Å². The summed E-state index contributed by atoms with van der Waals surface area (Å²) >= 11 is 0. The topological polar surface area (TPSA) is 163 Å². The number of carbonyl (C=O) groups excluding carboxylic acids is 1. The number of phenols is 4. The van der Waals surface area contributed by atoms with E-state index in [1.54, 1.807) is 9.80 Å². The highest BCUT2D eigenvalue weighted by Gasteiger charge is 2.36. The Kier molecular flexibility index (Phi) is 9.62. The van der Waals surface area contributed by atoms with Crippen LogP contribution in [0.4, 0.5) is 4.79 Å². The van der Waals surface area contributed by atoms with Crippen molar-refractivity contribution in [1.29, 1.82) is 0 Å². The number of hydrogen-bond acceptors (Lipinski definition) is 9. The van der Waals surface area contributed by atoms with Crippen molar-refractivity contribution in [3.63, 3.8) is 0 Å². The Hall–Kier alpha value is -3.25. The van der Waals surface area contributed by atoms with Gasteiger partial charge in [0.15, 0.2) is 0 Å². The summed E-state index contributed by atoms with van der Waals surface area (Å²) in [6.45, 7) is 4.91. The van der Waals surface area contributed by atoms with Crippen LogP contribution in [0, 0.1) is 0 Å². The number of benzene rings is 2. The first-order valence-electron chi connectivity index (χ1n) is 13.9. The minimum atomic E-state index is -0.647. The molecule has 2 aromatic carbocycles. The number of urea groups is 1. The van der Waals surface area contributed by atoms with E-state index >= 15 is 0 Å². The molecule has 0 aliphatic carbocycles. The summed E-state index contributed by atoms with van der Waals surface area (Å²) in [5, 5.41) is 61.5. The summed E-state index contributed by atoms with van der Waals surface area (Å²) in [5.74, 6) is -0.371. The van der Waals surface area contributed by atoms with E-state index in [1.165, 1.54) is 12.1 Å². The highest BCUT2D eigenvalue weighted by atomic mass is 16.5. The van der Waals surface area contributed by atoms with Crippen molar-refractivity contribution in [3.8, 4) is 23.0 Å². The molecular formula is C29H40N2O9. The molecule has 2 amide bonds. The number of ether oxygens (including phenoxy) is 2. The molecule has 4 rings (SSSR count). The zero-order chi connectivity index (χ0) is 29.0. The van der Waals surface area contributed by atoms with E-state index in [1.807, 2.05) is 13.8 Å². The van der Waals surface area contributed by atoms with E-state index in [4.69, 9.17) is 9.47 Å².